The smallest absolute Gasteiger partial charge is 0.243 e. The van der Waals surface area contributed by atoms with Crippen LogP contribution in [0.5, 0.6) is 0 Å². The van der Waals surface area contributed by atoms with Crippen LogP contribution in [0.15, 0.2) is 18.3 Å². The molecule has 18 heavy (non-hydrogen) atoms. The molecule has 2 aromatic heterocycles. The Balaban J connectivity index is 1.77. The first-order chi connectivity index (χ1) is 8.81. The van der Waals surface area contributed by atoms with Crippen molar-refractivity contribution in [2.75, 3.05) is 18.4 Å². The topological polar surface area (TPSA) is 54.2 Å². The highest BCUT2D eigenvalue weighted by molar-refractivity contribution is 5.43. The number of aromatic nitrogens is 3. The Kier molecular flexibility index (Phi) is 3.10. The molecule has 5 nitrogen and oxygen atoms in total. The van der Waals surface area contributed by atoms with Crippen molar-refractivity contribution in [2.24, 2.45) is 0 Å². The normalized spacial score (nSPS) is 20.8. The van der Waals surface area contributed by atoms with E-state index in [4.69, 9.17) is 0 Å². The maximum absolute atomic E-state index is 13.0. The van der Waals surface area contributed by atoms with E-state index in [0.29, 0.717) is 17.6 Å². The summed E-state index contributed by atoms with van der Waals surface area (Å²) in [6.45, 7) is 2.08. The Labute approximate surface area is 104 Å². The molecule has 1 unspecified atom stereocenters. The number of anilines is 1. The lowest BCUT2D eigenvalue weighted by Gasteiger charge is -2.13. The van der Waals surface area contributed by atoms with Gasteiger partial charge in [0.1, 0.15) is 5.82 Å². The van der Waals surface area contributed by atoms with Crippen molar-refractivity contribution >= 4 is 11.6 Å². The van der Waals surface area contributed by atoms with Crippen molar-refractivity contribution in [3.05, 3.63) is 24.1 Å². The van der Waals surface area contributed by atoms with E-state index in [1.807, 2.05) is 0 Å². The van der Waals surface area contributed by atoms with Crippen LogP contribution in [0.1, 0.15) is 19.3 Å². The van der Waals surface area contributed by atoms with Gasteiger partial charge in [0.15, 0.2) is 5.65 Å². The van der Waals surface area contributed by atoms with E-state index in [1.165, 1.54) is 16.8 Å². The molecule has 1 atom stereocenters. The van der Waals surface area contributed by atoms with Gasteiger partial charge in [0.25, 0.3) is 0 Å². The Morgan fingerprint density at radius 3 is 3.22 bits per heavy atom. The predicted molar refractivity (Wildman–Crippen MR) is 67.1 cm³/mol. The van der Waals surface area contributed by atoms with Crippen LogP contribution >= 0.6 is 0 Å². The zero-order valence-corrected chi connectivity index (χ0v) is 10.1. The first kappa shape index (κ1) is 11.4. The largest absolute Gasteiger partial charge is 0.350 e. The number of hydrogen-bond acceptors (Lipinski definition) is 4. The van der Waals surface area contributed by atoms with E-state index in [-0.39, 0.29) is 5.82 Å². The van der Waals surface area contributed by atoms with Crippen molar-refractivity contribution in [1.82, 2.24) is 19.9 Å². The van der Waals surface area contributed by atoms with E-state index in [0.717, 1.165) is 32.4 Å². The van der Waals surface area contributed by atoms with Crippen molar-refractivity contribution < 1.29 is 4.39 Å². The van der Waals surface area contributed by atoms with Crippen molar-refractivity contribution in [1.29, 1.82) is 0 Å². The fourth-order valence-electron chi connectivity index (χ4n) is 2.27. The number of nitrogens with zero attached hydrogens (tertiary/aromatic N) is 3. The van der Waals surface area contributed by atoms with Crippen LogP contribution in [0.3, 0.4) is 0 Å². The molecule has 1 saturated heterocycles. The molecule has 0 saturated carbocycles. The van der Waals surface area contributed by atoms with E-state index < -0.39 is 0 Å². The second kappa shape index (κ2) is 4.89. The Hall–Kier alpha value is -1.69. The molecule has 96 valence electrons. The summed E-state index contributed by atoms with van der Waals surface area (Å²) in [4.78, 5) is 4.33. The second-order valence-electron chi connectivity index (χ2n) is 4.61. The van der Waals surface area contributed by atoms with Crippen LogP contribution in [0.2, 0.25) is 0 Å². The molecule has 1 aliphatic rings. The number of pyridine rings is 1. The third-order valence-corrected chi connectivity index (χ3v) is 3.20. The molecular formula is C12H16FN5. The molecule has 1 fully saturated rings. The molecule has 0 bridgehead atoms. The Bertz CT molecular complexity index is 530. The molecule has 6 heteroatoms. The molecule has 2 N–H and O–H groups in total. The fourth-order valence-corrected chi connectivity index (χ4v) is 2.27. The van der Waals surface area contributed by atoms with E-state index in [1.54, 1.807) is 6.07 Å². The minimum Gasteiger partial charge on any atom is -0.350 e. The summed E-state index contributed by atoms with van der Waals surface area (Å²) in [5.74, 6) is 0.269. The quantitative estimate of drug-likeness (QED) is 0.845. The maximum Gasteiger partial charge on any atom is 0.243 e. The highest BCUT2D eigenvalue weighted by Crippen LogP contribution is 2.12. The van der Waals surface area contributed by atoms with Gasteiger partial charge in [0, 0.05) is 6.04 Å². The van der Waals surface area contributed by atoms with Crippen LogP contribution < -0.4 is 10.6 Å². The average Bonchev–Trinajstić information content (AvgIpc) is 2.57. The molecule has 3 heterocycles. The lowest BCUT2D eigenvalue weighted by atomic mass is 10.1. The van der Waals surface area contributed by atoms with Crippen LogP contribution in [-0.2, 0) is 0 Å². The molecule has 0 radical (unpaired) electrons. The molecule has 3 rings (SSSR count). The highest BCUT2D eigenvalue weighted by Gasteiger charge is 2.13. The van der Waals surface area contributed by atoms with Gasteiger partial charge in [-0.05, 0) is 44.5 Å². The fraction of sp³-hybridized carbons (Fsp3) is 0.500. The van der Waals surface area contributed by atoms with Gasteiger partial charge < -0.3 is 10.6 Å². The SMILES string of the molecule is Fc1ccc2nc(NC3CCCNCC3)nn2c1. The van der Waals surface area contributed by atoms with Gasteiger partial charge in [-0.2, -0.15) is 4.98 Å². The van der Waals surface area contributed by atoms with E-state index in [2.05, 4.69) is 20.7 Å². The summed E-state index contributed by atoms with van der Waals surface area (Å²) < 4.78 is 14.5. The zero-order chi connectivity index (χ0) is 12.4. The lowest BCUT2D eigenvalue weighted by Crippen LogP contribution is -2.22. The summed E-state index contributed by atoms with van der Waals surface area (Å²) in [6.07, 6.45) is 4.66. The first-order valence-electron chi connectivity index (χ1n) is 6.30. The first-order valence-corrected chi connectivity index (χ1v) is 6.30. The van der Waals surface area contributed by atoms with Crippen molar-refractivity contribution in [2.45, 2.75) is 25.3 Å². The van der Waals surface area contributed by atoms with Crippen LogP contribution in [-0.4, -0.2) is 33.7 Å². The lowest BCUT2D eigenvalue weighted by molar-refractivity contribution is 0.613. The second-order valence-corrected chi connectivity index (χ2v) is 4.61. The van der Waals surface area contributed by atoms with Gasteiger partial charge in [-0.3, -0.25) is 0 Å². The summed E-state index contributed by atoms with van der Waals surface area (Å²) in [5, 5.41) is 10.9. The third-order valence-electron chi connectivity index (χ3n) is 3.20. The monoisotopic (exact) mass is 249 g/mol. The highest BCUT2D eigenvalue weighted by atomic mass is 19.1. The summed E-state index contributed by atoms with van der Waals surface area (Å²) in [5.41, 5.74) is 0.658. The predicted octanol–water partition coefficient (Wildman–Crippen LogP) is 1.42. The molecule has 0 amide bonds. The van der Waals surface area contributed by atoms with Gasteiger partial charge in [0.05, 0.1) is 6.20 Å². The van der Waals surface area contributed by atoms with Crippen LogP contribution in [0, 0.1) is 5.82 Å². The standard InChI is InChI=1S/C12H16FN5/c13-9-3-4-11-16-12(17-18(11)8-9)15-10-2-1-6-14-7-5-10/h3-4,8,10,14H,1-2,5-7H2,(H,15,17). The van der Waals surface area contributed by atoms with Crippen LogP contribution in [0.25, 0.3) is 5.65 Å². The number of halogens is 1. The summed E-state index contributed by atoms with van der Waals surface area (Å²) in [6, 6.07) is 3.41. The van der Waals surface area contributed by atoms with Gasteiger partial charge in [-0.1, -0.05) is 0 Å². The third kappa shape index (κ3) is 2.43. The molecular weight excluding hydrogens is 233 g/mol. The van der Waals surface area contributed by atoms with Crippen molar-refractivity contribution in [3.8, 4) is 0 Å². The number of fused-ring (bicyclic) bond motifs is 1. The van der Waals surface area contributed by atoms with Gasteiger partial charge in [-0.25, -0.2) is 8.91 Å². The van der Waals surface area contributed by atoms with Gasteiger partial charge in [0.2, 0.25) is 5.95 Å². The Morgan fingerprint density at radius 2 is 2.28 bits per heavy atom. The number of nitrogens with one attached hydrogen (secondary N) is 2. The zero-order valence-electron chi connectivity index (χ0n) is 10.1. The van der Waals surface area contributed by atoms with Crippen molar-refractivity contribution in [3.63, 3.8) is 0 Å². The Morgan fingerprint density at radius 1 is 1.33 bits per heavy atom. The average molecular weight is 249 g/mol. The molecule has 2 aromatic rings. The summed E-state index contributed by atoms with van der Waals surface area (Å²) in [7, 11) is 0. The minimum atomic E-state index is -0.308. The van der Waals surface area contributed by atoms with Gasteiger partial charge >= 0.3 is 0 Å². The maximum atomic E-state index is 13.0. The molecule has 1 aliphatic heterocycles. The number of rotatable bonds is 2. The van der Waals surface area contributed by atoms with E-state index in [9.17, 15) is 4.39 Å². The minimum absolute atomic E-state index is 0.308. The molecule has 0 aromatic carbocycles. The number of hydrogen-bond donors (Lipinski definition) is 2. The molecule has 0 spiro atoms. The van der Waals surface area contributed by atoms with E-state index >= 15 is 0 Å². The van der Waals surface area contributed by atoms with Gasteiger partial charge in [-0.15, -0.1) is 5.10 Å². The summed E-state index contributed by atoms with van der Waals surface area (Å²) >= 11 is 0. The molecule has 0 aliphatic carbocycles. The van der Waals surface area contributed by atoms with Crippen LogP contribution in [0.4, 0.5) is 10.3 Å².